The Morgan fingerprint density at radius 1 is 1.00 bits per heavy atom. The molecule has 0 aliphatic rings. The minimum absolute atomic E-state index is 0.179. The zero-order valence-electron chi connectivity index (χ0n) is 10.8. The Bertz CT molecular complexity index is 807. The van der Waals surface area contributed by atoms with E-state index in [1.807, 2.05) is 30.3 Å². The summed E-state index contributed by atoms with van der Waals surface area (Å²) >= 11 is 5.82. The Kier molecular flexibility index (Phi) is 3.71. The SMILES string of the molecule is Fc1ccc(Oc2nc(CCl)cc3ccccc23)cc1F. The molecule has 1 heterocycles. The van der Waals surface area contributed by atoms with Crippen LogP contribution >= 0.6 is 11.6 Å². The van der Waals surface area contributed by atoms with Crippen LogP contribution in [0.2, 0.25) is 0 Å². The Morgan fingerprint density at radius 3 is 2.57 bits per heavy atom. The molecule has 0 aliphatic carbocycles. The number of fused-ring (bicyclic) bond motifs is 1. The zero-order valence-corrected chi connectivity index (χ0v) is 11.6. The van der Waals surface area contributed by atoms with Gasteiger partial charge in [0, 0.05) is 11.5 Å². The van der Waals surface area contributed by atoms with Gasteiger partial charge in [-0.1, -0.05) is 18.2 Å². The molecular formula is C16H10ClF2NO. The van der Waals surface area contributed by atoms with Gasteiger partial charge in [0.2, 0.25) is 5.88 Å². The zero-order chi connectivity index (χ0) is 14.8. The second-order valence-electron chi connectivity index (χ2n) is 4.45. The first-order chi connectivity index (χ1) is 10.2. The Morgan fingerprint density at radius 2 is 1.81 bits per heavy atom. The van der Waals surface area contributed by atoms with Crippen LogP contribution < -0.4 is 4.74 Å². The summed E-state index contributed by atoms with van der Waals surface area (Å²) in [5, 5.41) is 1.69. The minimum Gasteiger partial charge on any atom is -0.438 e. The molecule has 1 aromatic heterocycles. The third-order valence-corrected chi connectivity index (χ3v) is 3.27. The molecule has 0 N–H and O–H groups in total. The van der Waals surface area contributed by atoms with Crippen molar-refractivity contribution in [3.05, 3.63) is 65.9 Å². The van der Waals surface area contributed by atoms with E-state index in [0.29, 0.717) is 11.6 Å². The monoisotopic (exact) mass is 305 g/mol. The molecule has 0 spiro atoms. The van der Waals surface area contributed by atoms with Crippen LogP contribution in [0.3, 0.4) is 0 Å². The minimum atomic E-state index is -0.967. The van der Waals surface area contributed by atoms with Gasteiger partial charge >= 0.3 is 0 Å². The van der Waals surface area contributed by atoms with E-state index >= 15 is 0 Å². The number of pyridine rings is 1. The fourth-order valence-corrected chi connectivity index (χ4v) is 2.16. The van der Waals surface area contributed by atoms with Gasteiger partial charge in [-0.2, -0.15) is 0 Å². The molecule has 106 valence electrons. The third-order valence-electron chi connectivity index (χ3n) is 3.00. The van der Waals surface area contributed by atoms with Crippen LogP contribution in [0.4, 0.5) is 8.78 Å². The molecule has 0 radical (unpaired) electrons. The van der Waals surface area contributed by atoms with E-state index in [9.17, 15) is 8.78 Å². The molecule has 0 atom stereocenters. The Hall–Kier alpha value is -2.20. The summed E-state index contributed by atoms with van der Waals surface area (Å²) in [4.78, 5) is 4.30. The van der Waals surface area contributed by atoms with Crippen molar-refractivity contribution in [2.75, 3.05) is 0 Å². The summed E-state index contributed by atoms with van der Waals surface area (Å²) in [6.07, 6.45) is 0. The number of benzene rings is 2. The predicted molar refractivity (Wildman–Crippen MR) is 77.7 cm³/mol. The average Bonchev–Trinajstić information content (AvgIpc) is 2.51. The molecule has 0 saturated heterocycles. The molecule has 5 heteroatoms. The number of nitrogens with zero attached hydrogens (tertiary/aromatic N) is 1. The number of aromatic nitrogens is 1. The second-order valence-corrected chi connectivity index (χ2v) is 4.72. The van der Waals surface area contributed by atoms with Crippen LogP contribution in [0.5, 0.6) is 11.6 Å². The van der Waals surface area contributed by atoms with Crippen LogP contribution in [-0.2, 0) is 5.88 Å². The number of halogens is 3. The number of rotatable bonds is 3. The lowest BCUT2D eigenvalue weighted by Gasteiger charge is -2.10. The summed E-state index contributed by atoms with van der Waals surface area (Å²) in [5.74, 6) is -1.16. The highest BCUT2D eigenvalue weighted by atomic mass is 35.5. The number of ether oxygens (including phenoxy) is 1. The molecule has 0 aliphatic heterocycles. The summed E-state index contributed by atoms with van der Waals surface area (Å²) < 4.78 is 31.8. The standard InChI is InChI=1S/C16H10ClF2NO/c17-9-11-7-10-3-1-2-4-13(10)16(20-11)21-12-5-6-14(18)15(19)8-12/h1-8H,9H2. The quantitative estimate of drug-likeness (QED) is 0.632. The maximum Gasteiger partial charge on any atom is 0.227 e. The first kappa shape index (κ1) is 13.8. The van der Waals surface area contributed by atoms with Crippen LogP contribution in [0, 0.1) is 11.6 Å². The first-order valence-electron chi connectivity index (χ1n) is 6.25. The average molecular weight is 306 g/mol. The van der Waals surface area contributed by atoms with Gasteiger partial charge < -0.3 is 4.74 Å². The van der Waals surface area contributed by atoms with Crippen molar-refractivity contribution in [2.45, 2.75) is 5.88 Å². The predicted octanol–water partition coefficient (Wildman–Crippen LogP) is 5.04. The Labute approximate surface area is 125 Å². The fourth-order valence-electron chi connectivity index (χ4n) is 2.02. The van der Waals surface area contributed by atoms with Crippen molar-refractivity contribution in [1.29, 1.82) is 0 Å². The van der Waals surface area contributed by atoms with Gasteiger partial charge in [0.1, 0.15) is 5.75 Å². The maximum absolute atomic E-state index is 13.2. The van der Waals surface area contributed by atoms with Gasteiger partial charge in [-0.25, -0.2) is 13.8 Å². The van der Waals surface area contributed by atoms with Gasteiger partial charge in [0.25, 0.3) is 0 Å². The molecule has 2 nitrogen and oxygen atoms in total. The normalized spacial score (nSPS) is 10.8. The molecule has 0 fully saturated rings. The summed E-state index contributed by atoms with van der Waals surface area (Å²) in [5.41, 5.74) is 0.646. The first-order valence-corrected chi connectivity index (χ1v) is 6.78. The molecule has 21 heavy (non-hydrogen) atoms. The van der Waals surface area contributed by atoms with Crippen molar-refractivity contribution in [1.82, 2.24) is 4.98 Å². The van der Waals surface area contributed by atoms with Gasteiger partial charge in [-0.15, -0.1) is 11.6 Å². The smallest absolute Gasteiger partial charge is 0.227 e. The van der Waals surface area contributed by atoms with Crippen LogP contribution in [0.15, 0.2) is 48.5 Å². The van der Waals surface area contributed by atoms with E-state index in [4.69, 9.17) is 16.3 Å². The van der Waals surface area contributed by atoms with Crippen LogP contribution in [0.1, 0.15) is 5.69 Å². The molecule has 3 aromatic rings. The lowest BCUT2D eigenvalue weighted by Crippen LogP contribution is -1.94. The number of alkyl halides is 1. The van der Waals surface area contributed by atoms with Gasteiger partial charge in [0.15, 0.2) is 11.6 Å². The summed E-state index contributed by atoms with van der Waals surface area (Å²) in [7, 11) is 0. The van der Waals surface area contributed by atoms with E-state index < -0.39 is 11.6 Å². The van der Waals surface area contributed by atoms with Crippen LogP contribution in [0.25, 0.3) is 10.8 Å². The van der Waals surface area contributed by atoms with E-state index in [-0.39, 0.29) is 11.6 Å². The molecule has 0 unspecified atom stereocenters. The number of hydrogen-bond donors (Lipinski definition) is 0. The second kappa shape index (κ2) is 5.66. The van der Waals surface area contributed by atoms with Crippen molar-refractivity contribution < 1.29 is 13.5 Å². The lowest BCUT2D eigenvalue weighted by molar-refractivity contribution is 0.451. The highest BCUT2D eigenvalue weighted by molar-refractivity contribution is 6.17. The van der Waals surface area contributed by atoms with E-state index in [1.54, 1.807) is 0 Å². The highest BCUT2D eigenvalue weighted by Crippen LogP contribution is 2.29. The third kappa shape index (κ3) is 2.81. The molecule has 3 rings (SSSR count). The number of hydrogen-bond acceptors (Lipinski definition) is 2. The molecule has 0 saturated carbocycles. The van der Waals surface area contributed by atoms with Crippen LogP contribution in [-0.4, -0.2) is 4.98 Å². The largest absolute Gasteiger partial charge is 0.438 e. The molecular weight excluding hydrogens is 296 g/mol. The topological polar surface area (TPSA) is 22.1 Å². The van der Waals surface area contributed by atoms with E-state index in [0.717, 1.165) is 22.9 Å². The van der Waals surface area contributed by atoms with Gasteiger partial charge in [-0.05, 0) is 29.7 Å². The van der Waals surface area contributed by atoms with Gasteiger partial charge in [0.05, 0.1) is 11.6 Å². The van der Waals surface area contributed by atoms with Crippen molar-refractivity contribution in [3.63, 3.8) is 0 Å². The fraction of sp³-hybridized carbons (Fsp3) is 0.0625. The molecule has 2 aromatic carbocycles. The van der Waals surface area contributed by atoms with Crippen molar-refractivity contribution >= 4 is 22.4 Å². The Balaban J connectivity index is 2.08. The van der Waals surface area contributed by atoms with Crippen molar-refractivity contribution in [3.8, 4) is 11.6 Å². The maximum atomic E-state index is 13.2. The van der Waals surface area contributed by atoms with Gasteiger partial charge in [-0.3, -0.25) is 0 Å². The lowest BCUT2D eigenvalue weighted by atomic mass is 10.1. The molecule has 0 amide bonds. The summed E-state index contributed by atoms with van der Waals surface area (Å²) in [6, 6.07) is 12.7. The summed E-state index contributed by atoms with van der Waals surface area (Å²) in [6.45, 7) is 0. The molecule has 0 bridgehead atoms. The van der Waals surface area contributed by atoms with Crippen molar-refractivity contribution in [2.24, 2.45) is 0 Å². The van der Waals surface area contributed by atoms with E-state index in [2.05, 4.69) is 4.98 Å². The highest BCUT2D eigenvalue weighted by Gasteiger charge is 2.10. The van der Waals surface area contributed by atoms with E-state index in [1.165, 1.54) is 6.07 Å².